The molecular weight excluding hydrogens is 340 g/mol. The molecule has 3 N–H and O–H groups in total. The van der Waals surface area contributed by atoms with Crippen molar-refractivity contribution in [1.29, 1.82) is 0 Å². The van der Waals surface area contributed by atoms with E-state index in [1.165, 1.54) is 5.56 Å². The Labute approximate surface area is 160 Å². The Morgan fingerprint density at radius 1 is 1.22 bits per heavy atom. The zero-order chi connectivity index (χ0) is 19.4. The van der Waals surface area contributed by atoms with Gasteiger partial charge in [-0.3, -0.25) is 4.79 Å². The molecule has 27 heavy (non-hydrogen) atoms. The average molecular weight is 368 g/mol. The van der Waals surface area contributed by atoms with E-state index in [-0.39, 0.29) is 17.9 Å². The SMILES string of the molecule is COc1ccc2c(c1)CC(C(=O)NCC(N)c1ccc(C(C)C)cc1)CO2. The van der Waals surface area contributed by atoms with Crippen LogP contribution in [-0.2, 0) is 11.2 Å². The molecule has 2 aromatic rings. The van der Waals surface area contributed by atoms with Crippen LogP contribution in [0.2, 0.25) is 0 Å². The van der Waals surface area contributed by atoms with E-state index < -0.39 is 0 Å². The largest absolute Gasteiger partial charge is 0.497 e. The van der Waals surface area contributed by atoms with E-state index >= 15 is 0 Å². The molecule has 0 saturated heterocycles. The third-order valence-electron chi connectivity index (χ3n) is 5.07. The predicted molar refractivity (Wildman–Crippen MR) is 106 cm³/mol. The van der Waals surface area contributed by atoms with Crippen molar-refractivity contribution in [2.24, 2.45) is 11.7 Å². The van der Waals surface area contributed by atoms with Gasteiger partial charge in [0.2, 0.25) is 5.91 Å². The monoisotopic (exact) mass is 368 g/mol. The van der Waals surface area contributed by atoms with Crippen LogP contribution in [0.4, 0.5) is 0 Å². The van der Waals surface area contributed by atoms with Crippen molar-refractivity contribution in [1.82, 2.24) is 5.32 Å². The highest BCUT2D eigenvalue weighted by molar-refractivity contribution is 5.79. The summed E-state index contributed by atoms with van der Waals surface area (Å²) in [6.45, 7) is 5.11. The van der Waals surface area contributed by atoms with Crippen molar-refractivity contribution in [3.05, 3.63) is 59.2 Å². The molecule has 3 rings (SSSR count). The molecule has 5 nitrogen and oxygen atoms in total. The van der Waals surface area contributed by atoms with E-state index in [4.69, 9.17) is 15.2 Å². The van der Waals surface area contributed by atoms with Gasteiger partial charge in [0.15, 0.2) is 0 Å². The van der Waals surface area contributed by atoms with Crippen LogP contribution >= 0.6 is 0 Å². The van der Waals surface area contributed by atoms with E-state index in [2.05, 4.69) is 31.3 Å². The second-order valence-electron chi connectivity index (χ2n) is 7.36. The van der Waals surface area contributed by atoms with Gasteiger partial charge in [-0.25, -0.2) is 0 Å². The summed E-state index contributed by atoms with van der Waals surface area (Å²) in [6, 6.07) is 13.7. The van der Waals surface area contributed by atoms with Gasteiger partial charge in [0, 0.05) is 12.6 Å². The summed E-state index contributed by atoms with van der Waals surface area (Å²) in [5, 5.41) is 2.97. The Morgan fingerprint density at radius 2 is 1.93 bits per heavy atom. The van der Waals surface area contributed by atoms with E-state index in [0.29, 0.717) is 25.5 Å². The first-order valence-electron chi connectivity index (χ1n) is 9.40. The lowest BCUT2D eigenvalue weighted by Gasteiger charge is -2.25. The molecule has 0 fully saturated rings. The number of methoxy groups -OCH3 is 1. The number of hydrogen-bond donors (Lipinski definition) is 2. The van der Waals surface area contributed by atoms with Gasteiger partial charge in [-0.05, 0) is 47.2 Å². The second kappa shape index (κ2) is 8.44. The fourth-order valence-corrected chi connectivity index (χ4v) is 3.27. The van der Waals surface area contributed by atoms with E-state index in [0.717, 1.165) is 22.6 Å². The van der Waals surface area contributed by atoms with Gasteiger partial charge in [0.25, 0.3) is 0 Å². The van der Waals surface area contributed by atoms with Crippen LogP contribution in [0, 0.1) is 5.92 Å². The van der Waals surface area contributed by atoms with Gasteiger partial charge in [-0.1, -0.05) is 38.1 Å². The minimum atomic E-state index is -0.230. The number of carbonyl (C=O) groups is 1. The van der Waals surface area contributed by atoms with Crippen molar-refractivity contribution in [2.45, 2.75) is 32.2 Å². The number of hydrogen-bond acceptors (Lipinski definition) is 4. The standard InChI is InChI=1S/C22H28N2O3/c1-14(2)15-4-6-16(7-5-15)20(23)12-24-22(25)18-10-17-11-19(26-3)8-9-21(17)27-13-18/h4-9,11,14,18,20H,10,12-13,23H2,1-3H3,(H,24,25). The molecule has 0 aliphatic carbocycles. The fourth-order valence-electron chi connectivity index (χ4n) is 3.27. The van der Waals surface area contributed by atoms with Gasteiger partial charge < -0.3 is 20.5 Å². The van der Waals surface area contributed by atoms with Crippen molar-refractivity contribution in [3.8, 4) is 11.5 Å². The Bertz CT molecular complexity index is 787. The molecule has 1 aliphatic heterocycles. The molecule has 144 valence electrons. The Balaban J connectivity index is 1.56. The van der Waals surface area contributed by atoms with Gasteiger partial charge in [-0.15, -0.1) is 0 Å². The molecule has 0 saturated carbocycles. The molecule has 1 heterocycles. The molecule has 5 heteroatoms. The molecule has 1 aliphatic rings. The van der Waals surface area contributed by atoms with Crippen molar-refractivity contribution in [2.75, 3.05) is 20.3 Å². The molecule has 0 spiro atoms. The van der Waals surface area contributed by atoms with Gasteiger partial charge in [0.05, 0.1) is 13.0 Å². The first-order chi connectivity index (χ1) is 13.0. The summed E-state index contributed by atoms with van der Waals surface area (Å²) < 4.78 is 11.0. The highest BCUT2D eigenvalue weighted by atomic mass is 16.5. The molecule has 0 bridgehead atoms. The molecule has 0 aromatic heterocycles. The normalized spacial score (nSPS) is 17.0. The third kappa shape index (κ3) is 4.61. The lowest BCUT2D eigenvalue weighted by atomic mass is 9.95. The number of carbonyl (C=O) groups excluding carboxylic acids is 1. The lowest BCUT2D eigenvalue weighted by Crippen LogP contribution is -2.40. The average Bonchev–Trinajstić information content (AvgIpc) is 2.70. The summed E-state index contributed by atoms with van der Waals surface area (Å²) in [7, 11) is 1.63. The van der Waals surface area contributed by atoms with Crippen LogP contribution in [0.15, 0.2) is 42.5 Å². The number of ether oxygens (including phenoxy) is 2. The molecule has 2 atom stereocenters. The molecular formula is C22H28N2O3. The van der Waals surface area contributed by atoms with Crippen molar-refractivity contribution < 1.29 is 14.3 Å². The first kappa shape index (κ1) is 19.2. The Kier molecular flexibility index (Phi) is 6.01. The number of fused-ring (bicyclic) bond motifs is 1. The summed E-state index contributed by atoms with van der Waals surface area (Å²) in [4.78, 5) is 12.6. The van der Waals surface area contributed by atoms with Crippen molar-refractivity contribution >= 4 is 5.91 Å². The third-order valence-corrected chi connectivity index (χ3v) is 5.07. The number of nitrogens with one attached hydrogen (secondary N) is 1. The van der Waals surface area contributed by atoms with Crippen LogP contribution in [0.25, 0.3) is 0 Å². The first-order valence-corrected chi connectivity index (χ1v) is 9.40. The molecule has 2 unspecified atom stereocenters. The summed E-state index contributed by atoms with van der Waals surface area (Å²) in [5.41, 5.74) is 9.55. The number of rotatable bonds is 6. The van der Waals surface area contributed by atoms with Gasteiger partial charge >= 0.3 is 0 Å². The minimum absolute atomic E-state index is 0.0299. The second-order valence-corrected chi connectivity index (χ2v) is 7.36. The highest BCUT2D eigenvalue weighted by Crippen LogP contribution is 2.30. The summed E-state index contributed by atoms with van der Waals surface area (Å²) >= 11 is 0. The maximum Gasteiger partial charge on any atom is 0.226 e. The van der Waals surface area contributed by atoms with Crippen LogP contribution in [-0.4, -0.2) is 26.2 Å². The van der Waals surface area contributed by atoms with Crippen LogP contribution < -0.4 is 20.5 Å². The maximum atomic E-state index is 12.6. The van der Waals surface area contributed by atoms with Crippen LogP contribution in [0.5, 0.6) is 11.5 Å². The number of benzene rings is 2. The Morgan fingerprint density at radius 3 is 2.59 bits per heavy atom. The highest BCUT2D eigenvalue weighted by Gasteiger charge is 2.26. The lowest BCUT2D eigenvalue weighted by molar-refractivity contribution is -0.126. The van der Waals surface area contributed by atoms with Crippen LogP contribution in [0.1, 0.15) is 42.5 Å². The Hall–Kier alpha value is -2.53. The van der Waals surface area contributed by atoms with E-state index in [1.54, 1.807) is 7.11 Å². The smallest absolute Gasteiger partial charge is 0.226 e. The fraction of sp³-hybridized carbons (Fsp3) is 0.409. The molecule has 0 radical (unpaired) electrons. The van der Waals surface area contributed by atoms with Crippen LogP contribution in [0.3, 0.4) is 0 Å². The van der Waals surface area contributed by atoms with E-state index in [1.807, 2.05) is 30.3 Å². The predicted octanol–water partition coefficient (Wildman–Crippen LogP) is 3.19. The van der Waals surface area contributed by atoms with E-state index in [9.17, 15) is 4.79 Å². The zero-order valence-electron chi connectivity index (χ0n) is 16.2. The van der Waals surface area contributed by atoms with Crippen molar-refractivity contribution in [3.63, 3.8) is 0 Å². The molecule has 2 aromatic carbocycles. The summed E-state index contributed by atoms with van der Waals surface area (Å²) in [5.74, 6) is 1.83. The summed E-state index contributed by atoms with van der Waals surface area (Å²) in [6.07, 6.45) is 0.636. The quantitative estimate of drug-likeness (QED) is 0.821. The zero-order valence-corrected chi connectivity index (χ0v) is 16.2. The topological polar surface area (TPSA) is 73.6 Å². The number of amides is 1. The minimum Gasteiger partial charge on any atom is -0.497 e. The molecule has 1 amide bonds. The van der Waals surface area contributed by atoms with Gasteiger partial charge in [-0.2, -0.15) is 0 Å². The number of nitrogens with two attached hydrogens (primary N) is 1. The maximum absolute atomic E-state index is 12.6. The van der Waals surface area contributed by atoms with Gasteiger partial charge in [0.1, 0.15) is 18.1 Å².